The molecular formula is C5H4INO2. The molecule has 0 atom stereocenters. The lowest BCUT2D eigenvalue weighted by Gasteiger charge is -1.87. The molecule has 1 aromatic rings. The minimum absolute atomic E-state index is 0.365. The first-order chi connectivity index (χ1) is 4.20. The molecule has 0 saturated heterocycles. The maximum Gasteiger partial charge on any atom is 0.368 e. The molecule has 1 aromatic heterocycles. The van der Waals surface area contributed by atoms with E-state index in [4.69, 9.17) is 0 Å². The number of rotatable bonds is 0. The molecule has 9 heavy (non-hydrogen) atoms. The SMILES string of the molecule is Cc1cnc(I)c(=O)o1. The summed E-state index contributed by atoms with van der Waals surface area (Å²) >= 11 is 1.82. The number of halogens is 1. The number of nitrogens with zero attached hydrogens (tertiary/aromatic N) is 1. The van der Waals surface area contributed by atoms with Crippen LogP contribution in [0.2, 0.25) is 0 Å². The van der Waals surface area contributed by atoms with Crippen LogP contribution in [0.15, 0.2) is 15.4 Å². The van der Waals surface area contributed by atoms with Gasteiger partial charge in [0.1, 0.15) is 5.76 Å². The second-order valence-electron chi connectivity index (χ2n) is 1.55. The van der Waals surface area contributed by atoms with Gasteiger partial charge in [-0.05, 0) is 29.5 Å². The van der Waals surface area contributed by atoms with Gasteiger partial charge in [0.15, 0.2) is 3.70 Å². The van der Waals surface area contributed by atoms with E-state index in [-0.39, 0.29) is 5.63 Å². The van der Waals surface area contributed by atoms with Crippen molar-refractivity contribution < 1.29 is 4.42 Å². The summed E-state index contributed by atoms with van der Waals surface area (Å²) in [6, 6.07) is 0. The third kappa shape index (κ3) is 1.51. The molecule has 0 saturated carbocycles. The van der Waals surface area contributed by atoms with Gasteiger partial charge in [-0.3, -0.25) is 0 Å². The third-order valence-corrected chi connectivity index (χ3v) is 1.50. The van der Waals surface area contributed by atoms with Crippen LogP contribution in [0.4, 0.5) is 0 Å². The Kier molecular flexibility index (Phi) is 1.84. The molecule has 0 aliphatic carbocycles. The minimum Gasteiger partial charge on any atom is -0.425 e. The molecule has 0 unspecified atom stereocenters. The van der Waals surface area contributed by atoms with Gasteiger partial charge >= 0.3 is 5.63 Å². The molecule has 0 aromatic carbocycles. The van der Waals surface area contributed by atoms with Crippen LogP contribution in [0, 0.1) is 10.6 Å². The number of aromatic nitrogens is 1. The zero-order valence-electron chi connectivity index (χ0n) is 4.72. The Morgan fingerprint density at radius 2 is 2.44 bits per heavy atom. The quantitative estimate of drug-likeness (QED) is 0.631. The van der Waals surface area contributed by atoms with Gasteiger partial charge in [0.25, 0.3) is 0 Å². The van der Waals surface area contributed by atoms with E-state index >= 15 is 0 Å². The average molecular weight is 237 g/mol. The Morgan fingerprint density at radius 1 is 1.78 bits per heavy atom. The molecule has 0 bridgehead atoms. The molecule has 0 spiro atoms. The van der Waals surface area contributed by atoms with Crippen molar-refractivity contribution in [2.45, 2.75) is 6.92 Å². The number of hydrogen-bond donors (Lipinski definition) is 0. The van der Waals surface area contributed by atoms with Gasteiger partial charge in [0.05, 0.1) is 6.20 Å². The monoisotopic (exact) mass is 237 g/mol. The van der Waals surface area contributed by atoms with Crippen molar-refractivity contribution in [3.05, 3.63) is 26.1 Å². The molecule has 0 aliphatic heterocycles. The van der Waals surface area contributed by atoms with Crippen LogP contribution in [0.3, 0.4) is 0 Å². The van der Waals surface area contributed by atoms with Gasteiger partial charge in [-0.25, -0.2) is 9.78 Å². The van der Waals surface area contributed by atoms with Crippen molar-refractivity contribution in [3.63, 3.8) is 0 Å². The van der Waals surface area contributed by atoms with E-state index in [1.807, 2.05) is 22.6 Å². The van der Waals surface area contributed by atoms with Crippen LogP contribution in [0.5, 0.6) is 0 Å². The Bertz CT molecular complexity index is 268. The molecule has 0 radical (unpaired) electrons. The van der Waals surface area contributed by atoms with Crippen LogP contribution in [-0.4, -0.2) is 4.98 Å². The van der Waals surface area contributed by atoms with Crippen molar-refractivity contribution >= 4 is 22.6 Å². The lowest BCUT2D eigenvalue weighted by molar-refractivity contribution is 0.466. The van der Waals surface area contributed by atoms with Crippen LogP contribution >= 0.6 is 22.6 Å². The van der Waals surface area contributed by atoms with Crippen LogP contribution < -0.4 is 5.63 Å². The summed E-state index contributed by atoms with van der Waals surface area (Å²) in [7, 11) is 0. The van der Waals surface area contributed by atoms with Gasteiger partial charge in [0.2, 0.25) is 0 Å². The van der Waals surface area contributed by atoms with Gasteiger partial charge in [-0.1, -0.05) is 0 Å². The fourth-order valence-electron chi connectivity index (χ4n) is 0.415. The Hall–Kier alpha value is -0.390. The zero-order chi connectivity index (χ0) is 6.85. The fourth-order valence-corrected chi connectivity index (χ4v) is 0.664. The molecule has 1 heterocycles. The van der Waals surface area contributed by atoms with Crippen molar-refractivity contribution in [1.29, 1.82) is 0 Å². The third-order valence-electron chi connectivity index (χ3n) is 0.782. The highest BCUT2D eigenvalue weighted by molar-refractivity contribution is 14.1. The molecule has 0 aliphatic rings. The Morgan fingerprint density at radius 3 is 2.89 bits per heavy atom. The van der Waals surface area contributed by atoms with E-state index in [1.165, 1.54) is 6.20 Å². The minimum atomic E-state index is -0.365. The van der Waals surface area contributed by atoms with E-state index in [0.29, 0.717) is 9.46 Å². The normalized spacial score (nSPS) is 9.56. The van der Waals surface area contributed by atoms with Gasteiger partial charge in [0, 0.05) is 0 Å². The molecule has 48 valence electrons. The maximum atomic E-state index is 10.6. The summed E-state index contributed by atoms with van der Waals surface area (Å²) in [6.07, 6.45) is 1.52. The number of hydrogen-bond acceptors (Lipinski definition) is 3. The largest absolute Gasteiger partial charge is 0.425 e. The van der Waals surface area contributed by atoms with Gasteiger partial charge in [-0.15, -0.1) is 0 Å². The smallest absolute Gasteiger partial charge is 0.368 e. The average Bonchev–Trinajstić information content (AvgIpc) is 1.80. The van der Waals surface area contributed by atoms with E-state index in [0.717, 1.165) is 0 Å². The molecule has 4 heteroatoms. The second kappa shape index (κ2) is 2.47. The predicted octanol–water partition coefficient (Wildman–Crippen LogP) is 0.948. The first-order valence-electron chi connectivity index (χ1n) is 2.32. The van der Waals surface area contributed by atoms with E-state index < -0.39 is 0 Å². The first kappa shape index (κ1) is 6.73. The lowest BCUT2D eigenvalue weighted by Crippen LogP contribution is -2.05. The molecule has 0 fully saturated rings. The van der Waals surface area contributed by atoms with Crippen molar-refractivity contribution in [1.82, 2.24) is 4.98 Å². The lowest BCUT2D eigenvalue weighted by atomic mass is 10.6. The summed E-state index contributed by atoms with van der Waals surface area (Å²) in [5.74, 6) is 0.542. The topological polar surface area (TPSA) is 43.1 Å². The zero-order valence-corrected chi connectivity index (χ0v) is 6.88. The highest BCUT2D eigenvalue weighted by Gasteiger charge is 1.95. The van der Waals surface area contributed by atoms with Crippen molar-refractivity contribution in [2.75, 3.05) is 0 Å². The van der Waals surface area contributed by atoms with E-state index in [2.05, 4.69) is 9.40 Å². The van der Waals surface area contributed by atoms with Crippen LogP contribution in [0.25, 0.3) is 0 Å². The van der Waals surface area contributed by atoms with Gasteiger partial charge in [-0.2, -0.15) is 0 Å². The highest BCUT2D eigenvalue weighted by atomic mass is 127. The summed E-state index contributed by atoms with van der Waals surface area (Å²) in [5, 5.41) is 0. The number of aryl methyl sites for hydroxylation is 1. The summed E-state index contributed by atoms with van der Waals surface area (Å²) in [6.45, 7) is 1.68. The Labute approximate surface area is 65.2 Å². The van der Waals surface area contributed by atoms with E-state index in [1.54, 1.807) is 6.92 Å². The maximum absolute atomic E-state index is 10.6. The molecule has 0 N–H and O–H groups in total. The highest BCUT2D eigenvalue weighted by Crippen LogP contribution is 1.93. The fraction of sp³-hybridized carbons (Fsp3) is 0.200. The standard InChI is InChI=1S/C5H4INO2/c1-3-2-7-4(6)5(8)9-3/h2H,1H3. The molecule has 1 rings (SSSR count). The van der Waals surface area contributed by atoms with Crippen molar-refractivity contribution in [2.24, 2.45) is 0 Å². The Balaban J connectivity index is 3.34. The van der Waals surface area contributed by atoms with Crippen LogP contribution in [0.1, 0.15) is 5.76 Å². The van der Waals surface area contributed by atoms with Gasteiger partial charge < -0.3 is 4.42 Å². The summed E-state index contributed by atoms with van der Waals surface area (Å²) < 4.78 is 5.06. The summed E-state index contributed by atoms with van der Waals surface area (Å²) in [5.41, 5.74) is -0.365. The second-order valence-corrected chi connectivity index (χ2v) is 2.57. The van der Waals surface area contributed by atoms with Crippen LogP contribution in [-0.2, 0) is 0 Å². The molecule has 0 amide bonds. The predicted molar refractivity (Wildman–Crippen MR) is 40.2 cm³/mol. The first-order valence-corrected chi connectivity index (χ1v) is 3.40. The summed E-state index contributed by atoms with van der Waals surface area (Å²) in [4.78, 5) is 14.4. The van der Waals surface area contributed by atoms with Crippen molar-refractivity contribution in [3.8, 4) is 0 Å². The molecule has 3 nitrogen and oxygen atoms in total. The molecular weight excluding hydrogens is 233 g/mol. The van der Waals surface area contributed by atoms with E-state index in [9.17, 15) is 4.79 Å².